The van der Waals surface area contributed by atoms with Gasteiger partial charge in [0.2, 0.25) is 5.75 Å². The van der Waals surface area contributed by atoms with E-state index in [4.69, 9.17) is 19.9 Å². The fourth-order valence-corrected chi connectivity index (χ4v) is 1.64. The zero-order chi connectivity index (χ0) is 12.1. The van der Waals surface area contributed by atoms with Gasteiger partial charge in [-0.15, -0.1) is 0 Å². The van der Waals surface area contributed by atoms with Crippen LogP contribution in [0.3, 0.4) is 0 Å². The van der Waals surface area contributed by atoms with Gasteiger partial charge in [0.15, 0.2) is 11.5 Å². The lowest BCUT2D eigenvalue weighted by Crippen LogP contribution is -2.11. The molecule has 0 saturated carbocycles. The number of hydrogen-bond donors (Lipinski definition) is 1. The Balaban J connectivity index is 3.31. The lowest BCUT2D eigenvalue weighted by atomic mass is 10.0. The molecule has 2 N–H and O–H groups in total. The summed E-state index contributed by atoms with van der Waals surface area (Å²) >= 11 is 0. The molecule has 1 atom stereocenters. The number of ether oxygens (including phenoxy) is 3. The summed E-state index contributed by atoms with van der Waals surface area (Å²) in [6, 6.07) is 3.69. The number of methoxy groups -OCH3 is 3. The van der Waals surface area contributed by atoms with Crippen LogP contribution < -0.4 is 19.9 Å². The molecule has 0 radical (unpaired) electrons. The van der Waals surface area contributed by atoms with Gasteiger partial charge in [0, 0.05) is 11.6 Å². The third kappa shape index (κ3) is 2.22. The van der Waals surface area contributed by atoms with E-state index in [9.17, 15) is 0 Å². The number of rotatable bonds is 5. The largest absolute Gasteiger partial charge is 0.493 e. The molecule has 0 bridgehead atoms. The van der Waals surface area contributed by atoms with Crippen molar-refractivity contribution in [3.05, 3.63) is 17.7 Å². The highest BCUT2D eigenvalue weighted by atomic mass is 16.5. The molecule has 1 rings (SSSR count). The molecular formula is C12H19NO3. The van der Waals surface area contributed by atoms with Crippen LogP contribution in [0.5, 0.6) is 17.2 Å². The third-order valence-corrected chi connectivity index (χ3v) is 2.57. The molecule has 90 valence electrons. The summed E-state index contributed by atoms with van der Waals surface area (Å²) in [5, 5.41) is 0. The zero-order valence-corrected chi connectivity index (χ0v) is 10.2. The van der Waals surface area contributed by atoms with Crippen LogP contribution >= 0.6 is 0 Å². The van der Waals surface area contributed by atoms with Gasteiger partial charge in [-0.05, 0) is 18.6 Å². The summed E-state index contributed by atoms with van der Waals surface area (Å²) in [5.74, 6) is 1.88. The van der Waals surface area contributed by atoms with Gasteiger partial charge >= 0.3 is 0 Å². The van der Waals surface area contributed by atoms with E-state index in [0.29, 0.717) is 17.2 Å². The average Bonchev–Trinajstić information content (AvgIpc) is 2.35. The van der Waals surface area contributed by atoms with Crippen LogP contribution in [-0.2, 0) is 0 Å². The van der Waals surface area contributed by atoms with E-state index >= 15 is 0 Å². The number of hydrogen-bond acceptors (Lipinski definition) is 4. The predicted octanol–water partition coefficient (Wildman–Crippen LogP) is 2.12. The van der Waals surface area contributed by atoms with Crippen LogP contribution in [0.4, 0.5) is 0 Å². The molecule has 0 saturated heterocycles. The lowest BCUT2D eigenvalue weighted by molar-refractivity contribution is 0.320. The van der Waals surface area contributed by atoms with Crippen molar-refractivity contribution in [2.24, 2.45) is 5.73 Å². The van der Waals surface area contributed by atoms with Gasteiger partial charge in [0.25, 0.3) is 0 Å². The Morgan fingerprint density at radius 2 is 1.69 bits per heavy atom. The fraction of sp³-hybridized carbons (Fsp3) is 0.500. The summed E-state index contributed by atoms with van der Waals surface area (Å²) in [6.45, 7) is 2.03. The van der Waals surface area contributed by atoms with Gasteiger partial charge in [-0.25, -0.2) is 0 Å². The van der Waals surface area contributed by atoms with E-state index in [-0.39, 0.29) is 6.04 Å². The van der Waals surface area contributed by atoms with Crippen molar-refractivity contribution in [2.45, 2.75) is 19.4 Å². The fourth-order valence-electron chi connectivity index (χ4n) is 1.64. The minimum atomic E-state index is -0.0604. The van der Waals surface area contributed by atoms with E-state index in [1.165, 1.54) is 0 Å². The Kier molecular flexibility index (Phi) is 4.43. The van der Waals surface area contributed by atoms with E-state index in [1.807, 2.05) is 19.1 Å². The summed E-state index contributed by atoms with van der Waals surface area (Å²) in [7, 11) is 4.78. The monoisotopic (exact) mass is 225 g/mol. The zero-order valence-electron chi connectivity index (χ0n) is 10.2. The molecule has 0 fully saturated rings. The Bertz CT molecular complexity index is 352. The molecule has 4 heteroatoms. The van der Waals surface area contributed by atoms with Crippen LogP contribution in [0.2, 0.25) is 0 Å². The summed E-state index contributed by atoms with van der Waals surface area (Å²) < 4.78 is 15.8. The maximum absolute atomic E-state index is 6.01. The molecule has 1 aromatic carbocycles. The van der Waals surface area contributed by atoms with Crippen LogP contribution in [0.15, 0.2) is 12.1 Å². The van der Waals surface area contributed by atoms with Crippen molar-refractivity contribution in [3.8, 4) is 17.2 Å². The molecule has 0 aliphatic rings. The summed E-state index contributed by atoms with van der Waals surface area (Å²) in [6.07, 6.45) is 0.839. The molecule has 16 heavy (non-hydrogen) atoms. The van der Waals surface area contributed by atoms with Gasteiger partial charge in [-0.1, -0.05) is 6.92 Å². The van der Waals surface area contributed by atoms with Gasteiger partial charge < -0.3 is 19.9 Å². The first kappa shape index (κ1) is 12.6. The molecule has 0 aromatic heterocycles. The molecule has 0 amide bonds. The molecule has 0 aliphatic heterocycles. The van der Waals surface area contributed by atoms with Crippen molar-refractivity contribution in [3.63, 3.8) is 0 Å². The van der Waals surface area contributed by atoms with E-state index in [0.717, 1.165) is 12.0 Å². The quantitative estimate of drug-likeness (QED) is 0.834. The lowest BCUT2D eigenvalue weighted by Gasteiger charge is -2.18. The first-order chi connectivity index (χ1) is 7.69. The highest BCUT2D eigenvalue weighted by Crippen LogP contribution is 2.41. The van der Waals surface area contributed by atoms with E-state index in [2.05, 4.69) is 0 Å². The number of benzene rings is 1. The van der Waals surface area contributed by atoms with Crippen molar-refractivity contribution >= 4 is 0 Å². The second-order valence-electron chi connectivity index (χ2n) is 3.44. The Morgan fingerprint density at radius 1 is 1.06 bits per heavy atom. The molecule has 0 spiro atoms. The predicted molar refractivity (Wildman–Crippen MR) is 63.3 cm³/mol. The van der Waals surface area contributed by atoms with Gasteiger partial charge in [-0.3, -0.25) is 0 Å². The molecule has 1 aromatic rings. The maximum Gasteiger partial charge on any atom is 0.203 e. The molecule has 0 heterocycles. The molecule has 0 unspecified atom stereocenters. The van der Waals surface area contributed by atoms with Crippen LogP contribution in [0.1, 0.15) is 24.9 Å². The SMILES string of the molecule is CC[C@H](N)c1ccc(OC)c(OC)c1OC. The minimum absolute atomic E-state index is 0.0604. The summed E-state index contributed by atoms with van der Waals surface area (Å²) in [4.78, 5) is 0. The Labute approximate surface area is 96.3 Å². The normalized spacial score (nSPS) is 12.1. The highest BCUT2D eigenvalue weighted by Gasteiger charge is 2.18. The molecule has 0 aliphatic carbocycles. The van der Waals surface area contributed by atoms with Gasteiger partial charge in [-0.2, -0.15) is 0 Å². The first-order valence-corrected chi connectivity index (χ1v) is 5.24. The van der Waals surface area contributed by atoms with Crippen molar-refractivity contribution < 1.29 is 14.2 Å². The van der Waals surface area contributed by atoms with Crippen molar-refractivity contribution in [1.29, 1.82) is 0 Å². The first-order valence-electron chi connectivity index (χ1n) is 5.24. The van der Waals surface area contributed by atoms with Crippen LogP contribution in [0, 0.1) is 0 Å². The van der Waals surface area contributed by atoms with Crippen LogP contribution in [0.25, 0.3) is 0 Å². The topological polar surface area (TPSA) is 53.7 Å². The third-order valence-electron chi connectivity index (χ3n) is 2.57. The molecular weight excluding hydrogens is 206 g/mol. The Morgan fingerprint density at radius 3 is 2.12 bits per heavy atom. The maximum atomic E-state index is 6.01. The van der Waals surface area contributed by atoms with Crippen molar-refractivity contribution in [2.75, 3.05) is 21.3 Å². The standard InChI is InChI=1S/C12H19NO3/c1-5-9(13)8-6-7-10(14-2)12(16-4)11(8)15-3/h6-7,9H,5,13H2,1-4H3/t9-/m0/s1. The smallest absolute Gasteiger partial charge is 0.203 e. The average molecular weight is 225 g/mol. The van der Waals surface area contributed by atoms with Crippen LogP contribution in [-0.4, -0.2) is 21.3 Å². The Hall–Kier alpha value is -1.42. The van der Waals surface area contributed by atoms with E-state index < -0.39 is 0 Å². The summed E-state index contributed by atoms with van der Waals surface area (Å²) in [5.41, 5.74) is 6.94. The van der Waals surface area contributed by atoms with Gasteiger partial charge in [0.1, 0.15) is 0 Å². The minimum Gasteiger partial charge on any atom is -0.493 e. The highest BCUT2D eigenvalue weighted by molar-refractivity contribution is 5.56. The molecule has 4 nitrogen and oxygen atoms in total. The van der Waals surface area contributed by atoms with E-state index in [1.54, 1.807) is 21.3 Å². The second-order valence-corrected chi connectivity index (χ2v) is 3.44. The second kappa shape index (κ2) is 5.61. The van der Waals surface area contributed by atoms with Crippen molar-refractivity contribution in [1.82, 2.24) is 0 Å². The number of nitrogens with two attached hydrogens (primary N) is 1. The van der Waals surface area contributed by atoms with Gasteiger partial charge in [0.05, 0.1) is 21.3 Å².